The molecule has 0 aromatic heterocycles. The smallest absolute Gasteiger partial charge is 0.234 e. The summed E-state index contributed by atoms with van der Waals surface area (Å²) in [5.74, 6) is 1.09. The fourth-order valence-corrected chi connectivity index (χ4v) is 2.25. The van der Waals surface area contributed by atoms with Crippen molar-refractivity contribution < 1.29 is 4.79 Å². The first-order valence-electron chi connectivity index (χ1n) is 6.11. The number of amides is 1. The average Bonchev–Trinajstić information content (AvgIpc) is 2.24. The molecule has 0 spiro atoms. The minimum atomic E-state index is -0.0613. The quantitative estimate of drug-likeness (QED) is 0.802. The number of likely N-dealkylation sites (tertiary alicyclic amines) is 1. The van der Waals surface area contributed by atoms with Crippen LogP contribution in [0.15, 0.2) is 0 Å². The maximum Gasteiger partial charge on any atom is 0.234 e. The molecule has 2 unspecified atom stereocenters. The Hall–Kier alpha value is -0.0900. The van der Waals surface area contributed by atoms with Crippen molar-refractivity contribution in [2.75, 3.05) is 26.7 Å². The molecule has 1 heterocycles. The molecule has 0 aliphatic carbocycles. The summed E-state index contributed by atoms with van der Waals surface area (Å²) in [7, 11) is 2.15. The molecule has 0 bridgehead atoms. The Morgan fingerprint density at radius 1 is 1.56 bits per heavy atom. The lowest BCUT2D eigenvalue weighted by atomic mass is 9.98. The van der Waals surface area contributed by atoms with E-state index in [-0.39, 0.29) is 10.7 Å². The van der Waals surface area contributed by atoms with E-state index in [1.807, 2.05) is 13.8 Å². The fourth-order valence-electron chi connectivity index (χ4n) is 2.09. The van der Waals surface area contributed by atoms with Gasteiger partial charge in [-0.25, -0.2) is 0 Å². The summed E-state index contributed by atoms with van der Waals surface area (Å²) in [6.07, 6.45) is 2.48. The monoisotopic (exact) mass is 290 g/mol. The van der Waals surface area contributed by atoms with Gasteiger partial charge in [-0.2, -0.15) is 0 Å². The van der Waals surface area contributed by atoms with Gasteiger partial charge in [-0.15, -0.1) is 0 Å². The number of nitrogens with one attached hydrogen (secondary N) is 1. The van der Waals surface area contributed by atoms with Crippen molar-refractivity contribution in [3.63, 3.8) is 0 Å². The molecule has 1 fully saturated rings. The highest BCUT2D eigenvalue weighted by atomic mass is 79.9. The molecule has 0 saturated carbocycles. The lowest BCUT2D eigenvalue weighted by Gasteiger charge is -2.30. The number of hydrogen-bond donors (Lipinski definition) is 1. The Labute approximate surface area is 107 Å². The minimum Gasteiger partial charge on any atom is -0.355 e. The number of piperidine rings is 1. The Kier molecular flexibility index (Phi) is 5.76. The van der Waals surface area contributed by atoms with Crippen molar-refractivity contribution in [2.45, 2.75) is 31.5 Å². The van der Waals surface area contributed by atoms with Crippen LogP contribution in [0.5, 0.6) is 0 Å². The molecule has 1 N–H and O–H groups in total. The summed E-state index contributed by atoms with van der Waals surface area (Å²) in [5, 5.41) is 3.04. The summed E-state index contributed by atoms with van der Waals surface area (Å²) in [6.45, 7) is 7.21. The largest absolute Gasteiger partial charge is 0.355 e. The van der Waals surface area contributed by atoms with Crippen LogP contribution in [-0.2, 0) is 4.79 Å². The summed E-state index contributed by atoms with van der Waals surface area (Å²) in [4.78, 5) is 14.0. The van der Waals surface area contributed by atoms with Crippen LogP contribution >= 0.6 is 15.9 Å². The van der Waals surface area contributed by atoms with Crippen molar-refractivity contribution in [3.8, 4) is 0 Å². The molecule has 0 aromatic rings. The normalized spacial score (nSPS) is 24.4. The van der Waals surface area contributed by atoms with Crippen LogP contribution in [-0.4, -0.2) is 42.3 Å². The molecule has 0 radical (unpaired) electrons. The van der Waals surface area contributed by atoms with Gasteiger partial charge in [0.1, 0.15) is 0 Å². The van der Waals surface area contributed by atoms with Crippen LogP contribution in [0.3, 0.4) is 0 Å². The number of carbonyl (C=O) groups excluding carboxylic acids is 1. The van der Waals surface area contributed by atoms with Gasteiger partial charge < -0.3 is 10.2 Å². The average molecular weight is 291 g/mol. The molecule has 1 rings (SSSR count). The Balaban J connectivity index is 2.25. The molecule has 94 valence electrons. The maximum atomic E-state index is 11.7. The van der Waals surface area contributed by atoms with Crippen molar-refractivity contribution in [3.05, 3.63) is 0 Å². The Bertz CT molecular complexity index is 233. The minimum absolute atomic E-state index is 0.0613. The maximum absolute atomic E-state index is 11.7. The SMILES string of the molecule is CC(C)C(Br)C(=O)NCC1CCCN(C)C1. The van der Waals surface area contributed by atoms with E-state index >= 15 is 0 Å². The van der Waals surface area contributed by atoms with Crippen molar-refractivity contribution in [1.82, 2.24) is 10.2 Å². The third kappa shape index (κ3) is 4.42. The van der Waals surface area contributed by atoms with Crippen LogP contribution < -0.4 is 5.32 Å². The third-order valence-electron chi connectivity index (χ3n) is 3.12. The fraction of sp³-hybridized carbons (Fsp3) is 0.917. The first-order chi connectivity index (χ1) is 7.50. The molecular formula is C12H23BrN2O. The van der Waals surface area contributed by atoms with Crippen LogP contribution in [0.1, 0.15) is 26.7 Å². The predicted molar refractivity (Wildman–Crippen MR) is 70.8 cm³/mol. The number of alkyl halides is 1. The number of halogens is 1. The lowest BCUT2D eigenvalue weighted by Crippen LogP contribution is -2.41. The number of hydrogen-bond acceptors (Lipinski definition) is 2. The number of carbonyl (C=O) groups is 1. The highest BCUT2D eigenvalue weighted by Gasteiger charge is 2.21. The lowest BCUT2D eigenvalue weighted by molar-refractivity contribution is -0.121. The van der Waals surface area contributed by atoms with Gasteiger partial charge >= 0.3 is 0 Å². The van der Waals surface area contributed by atoms with Gasteiger partial charge in [-0.05, 0) is 38.3 Å². The van der Waals surface area contributed by atoms with E-state index in [4.69, 9.17) is 0 Å². The zero-order valence-electron chi connectivity index (χ0n) is 10.5. The van der Waals surface area contributed by atoms with Gasteiger partial charge in [-0.3, -0.25) is 4.79 Å². The van der Waals surface area contributed by atoms with E-state index in [1.54, 1.807) is 0 Å². The molecule has 1 saturated heterocycles. The van der Waals surface area contributed by atoms with E-state index in [0.717, 1.165) is 13.1 Å². The van der Waals surface area contributed by atoms with E-state index in [1.165, 1.54) is 19.4 Å². The van der Waals surface area contributed by atoms with Crippen LogP contribution in [0, 0.1) is 11.8 Å². The third-order valence-corrected chi connectivity index (χ3v) is 4.60. The second-order valence-corrected chi connectivity index (χ2v) is 6.15. The van der Waals surface area contributed by atoms with Gasteiger partial charge in [0, 0.05) is 13.1 Å². The summed E-state index contributed by atoms with van der Waals surface area (Å²) >= 11 is 3.42. The van der Waals surface area contributed by atoms with Crippen LogP contribution in [0.4, 0.5) is 0 Å². The predicted octanol–water partition coefficient (Wildman–Crippen LogP) is 1.86. The topological polar surface area (TPSA) is 32.3 Å². The molecule has 1 aliphatic rings. The molecule has 0 aromatic carbocycles. The van der Waals surface area contributed by atoms with Gasteiger partial charge in [0.2, 0.25) is 5.91 Å². The van der Waals surface area contributed by atoms with E-state index in [0.29, 0.717) is 11.8 Å². The Morgan fingerprint density at radius 2 is 2.25 bits per heavy atom. The molecule has 4 heteroatoms. The molecule has 1 aliphatic heterocycles. The van der Waals surface area contributed by atoms with E-state index in [2.05, 4.69) is 33.2 Å². The zero-order chi connectivity index (χ0) is 12.1. The van der Waals surface area contributed by atoms with Gasteiger partial charge in [-0.1, -0.05) is 29.8 Å². The molecule has 3 nitrogen and oxygen atoms in total. The molecule has 2 atom stereocenters. The van der Waals surface area contributed by atoms with Crippen molar-refractivity contribution in [2.24, 2.45) is 11.8 Å². The molecule has 1 amide bonds. The van der Waals surface area contributed by atoms with Crippen molar-refractivity contribution >= 4 is 21.8 Å². The first-order valence-corrected chi connectivity index (χ1v) is 7.02. The summed E-state index contributed by atoms with van der Waals surface area (Å²) in [5.41, 5.74) is 0. The zero-order valence-corrected chi connectivity index (χ0v) is 12.1. The highest BCUT2D eigenvalue weighted by molar-refractivity contribution is 9.10. The van der Waals surface area contributed by atoms with Gasteiger partial charge in [0.05, 0.1) is 4.83 Å². The van der Waals surface area contributed by atoms with Crippen molar-refractivity contribution in [1.29, 1.82) is 0 Å². The Morgan fingerprint density at radius 3 is 2.81 bits per heavy atom. The molecule has 16 heavy (non-hydrogen) atoms. The van der Waals surface area contributed by atoms with Crippen LogP contribution in [0.25, 0.3) is 0 Å². The molecular weight excluding hydrogens is 268 g/mol. The summed E-state index contributed by atoms with van der Waals surface area (Å²) in [6, 6.07) is 0. The first kappa shape index (κ1) is 14.0. The van der Waals surface area contributed by atoms with Gasteiger partial charge in [0.15, 0.2) is 0 Å². The highest BCUT2D eigenvalue weighted by Crippen LogP contribution is 2.15. The standard InChI is InChI=1S/C12H23BrN2O/c1-9(2)11(13)12(16)14-7-10-5-4-6-15(3)8-10/h9-11H,4-8H2,1-3H3,(H,14,16). The second-order valence-electron chi connectivity index (χ2n) is 5.16. The van der Waals surface area contributed by atoms with E-state index in [9.17, 15) is 4.79 Å². The second kappa shape index (κ2) is 6.60. The number of rotatable bonds is 4. The van der Waals surface area contributed by atoms with Gasteiger partial charge in [0.25, 0.3) is 0 Å². The van der Waals surface area contributed by atoms with Crippen LogP contribution in [0.2, 0.25) is 0 Å². The summed E-state index contributed by atoms with van der Waals surface area (Å²) < 4.78 is 0. The number of nitrogens with zero attached hydrogens (tertiary/aromatic N) is 1. The van der Waals surface area contributed by atoms with E-state index < -0.39 is 0 Å².